The molecule has 3 rings (SSSR count). The van der Waals surface area contributed by atoms with Gasteiger partial charge in [-0.1, -0.05) is 46.3 Å². The molecule has 2 nitrogen and oxygen atoms in total. The molecule has 2 saturated carbocycles. The zero-order chi connectivity index (χ0) is 11.8. The molecule has 0 spiro atoms. The van der Waals surface area contributed by atoms with Gasteiger partial charge in [-0.05, 0) is 17.9 Å². The van der Waals surface area contributed by atoms with Gasteiger partial charge in [0.2, 0.25) is 0 Å². The Balaban J connectivity index is 1.64. The molecule has 2 aliphatic carbocycles. The Kier molecular flexibility index (Phi) is 3.05. The number of hydrogen-bond donors (Lipinski definition) is 0. The molecule has 0 radical (unpaired) electrons. The Bertz CT molecular complexity index is 417. The van der Waals surface area contributed by atoms with Crippen molar-refractivity contribution in [1.82, 2.24) is 0 Å². The average molecular weight is 295 g/mol. The van der Waals surface area contributed by atoms with Crippen molar-refractivity contribution < 1.29 is 9.53 Å². The number of Topliss-reactive ketones (excluding diaryl/α,β-unsaturated/α-hetero) is 1. The van der Waals surface area contributed by atoms with E-state index in [2.05, 4.69) is 28.1 Å². The zero-order valence-corrected chi connectivity index (χ0v) is 11.1. The third-order valence-electron chi connectivity index (χ3n) is 3.88. The van der Waals surface area contributed by atoms with E-state index in [0.29, 0.717) is 23.1 Å². The molecule has 2 fully saturated rings. The van der Waals surface area contributed by atoms with Crippen molar-refractivity contribution in [3.05, 3.63) is 35.9 Å². The average Bonchev–Trinajstić information content (AvgIpc) is 2.86. The number of benzene rings is 1. The number of rotatable bonds is 3. The van der Waals surface area contributed by atoms with Crippen LogP contribution in [0.2, 0.25) is 0 Å². The van der Waals surface area contributed by atoms with Crippen LogP contribution in [0, 0.1) is 11.8 Å². The van der Waals surface area contributed by atoms with Gasteiger partial charge in [0.25, 0.3) is 0 Å². The fourth-order valence-corrected chi connectivity index (χ4v) is 3.90. The van der Waals surface area contributed by atoms with Crippen LogP contribution in [0.15, 0.2) is 30.3 Å². The molecule has 0 N–H and O–H groups in total. The number of hydrogen-bond acceptors (Lipinski definition) is 2. The highest BCUT2D eigenvalue weighted by Gasteiger charge is 2.52. The first-order valence-electron chi connectivity index (χ1n) is 6.08. The molecule has 17 heavy (non-hydrogen) atoms. The molecule has 0 saturated heterocycles. The van der Waals surface area contributed by atoms with E-state index in [1.165, 1.54) is 5.56 Å². The summed E-state index contributed by atoms with van der Waals surface area (Å²) in [5, 5.41) is 0. The number of ether oxygens (including phenoxy) is 1. The molecule has 0 unspecified atom stereocenters. The lowest BCUT2D eigenvalue weighted by Gasteiger charge is -2.26. The second-order valence-corrected chi connectivity index (χ2v) is 6.04. The third kappa shape index (κ3) is 2.06. The summed E-state index contributed by atoms with van der Waals surface area (Å²) in [6, 6.07) is 10.1. The minimum Gasteiger partial charge on any atom is -0.372 e. The molecule has 0 aromatic heterocycles. The van der Waals surface area contributed by atoms with Crippen molar-refractivity contribution in [3.63, 3.8) is 0 Å². The Morgan fingerprint density at radius 1 is 1.29 bits per heavy atom. The van der Waals surface area contributed by atoms with Gasteiger partial charge < -0.3 is 4.74 Å². The zero-order valence-electron chi connectivity index (χ0n) is 9.51. The summed E-state index contributed by atoms with van der Waals surface area (Å²) < 4.78 is 5.94. The lowest BCUT2D eigenvalue weighted by Crippen LogP contribution is -2.35. The van der Waals surface area contributed by atoms with Gasteiger partial charge >= 0.3 is 0 Å². The van der Waals surface area contributed by atoms with E-state index in [1.807, 2.05) is 18.2 Å². The summed E-state index contributed by atoms with van der Waals surface area (Å²) >= 11 is 3.69. The number of alkyl halides is 1. The van der Waals surface area contributed by atoms with E-state index >= 15 is 0 Å². The van der Waals surface area contributed by atoms with E-state index in [1.54, 1.807) is 0 Å². The van der Waals surface area contributed by atoms with Crippen LogP contribution in [0.3, 0.4) is 0 Å². The number of carbonyl (C=O) groups excluding carboxylic acids is 1. The van der Waals surface area contributed by atoms with Crippen LogP contribution in [0.25, 0.3) is 0 Å². The van der Waals surface area contributed by atoms with Crippen molar-refractivity contribution in [2.24, 2.45) is 11.8 Å². The monoisotopic (exact) mass is 294 g/mol. The highest BCUT2D eigenvalue weighted by molar-refractivity contribution is 9.09. The number of ketones is 1. The second kappa shape index (κ2) is 4.54. The van der Waals surface area contributed by atoms with Crippen molar-refractivity contribution in [2.75, 3.05) is 0 Å². The summed E-state index contributed by atoms with van der Waals surface area (Å²) in [6.45, 7) is 0.601. The highest BCUT2D eigenvalue weighted by Crippen LogP contribution is 2.47. The van der Waals surface area contributed by atoms with Gasteiger partial charge in [0.1, 0.15) is 5.78 Å². The maximum atomic E-state index is 11.7. The van der Waals surface area contributed by atoms with Gasteiger partial charge in [0, 0.05) is 17.2 Å². The Hall–Kier alpha value is -0.670. The van der Waals surface area contributed by atoms with Crippen LogP contribution in [-0.2, 0) is 16.1 Å². The highest BCUT2D eigenvalue weighted by atomic mass is 79.9. The quantitative estimate of drug-likeness (QED) is 0.801. The molecular formula is C14H15BrO2. The van der Waals surface area contributed by atoms with E-state index in [-0.39, 0.29) is 12.0 Å². The normalized spacial score (nSPS) is 35.5. The molecule has 2 aliphatic rings. The van der Waals surface area contributed by atoms with Crippen molar-refractivity contribution in [1.29, 1.82) is 0 Å². The van der Waals surface area contributed by atoms with Crippen LogP contribution in [0.1, 0.15) is 18.4 Å². The molecule has 2 bridgehead atoms. The predicted octanol–water partition coefficient (Wildman–Crippen LogP) is 2.94. The summed E-state index contributed by atoms with van der Waals surface area (Å²) in [5.41, 5.74) is 1.17. The van der Waals surface area contributed by atoms with Crippen molar-refractivity contribution >= 4 is 21.7 Å². The maximum absolute atomic E-state index is 11.7. The predicted molar refractivity (Wildman–Crippen MR) is 69.0 cm³/mol. The fraction of sp³-hybridized carbons (Fsp3) is 0.500. The minimum atomic E-state index is 0.0708. The largest absolute Gasteiger partial charge is 0.372 e. The van der Waals surface area contributed by atoms with E-state index in [9.17, 15) is 4.79 Å². The first-order chi connectivity index (χ1) is 8.25. The molecule has 3 heteroatoms. The van der Waals surface area contributed by atoms with Crippen LogP contribution >= 0.6 is 15.9 Å². The van der Waals surface area contributed by atoms with Gasteiger partial charge in [-0.2, -0.15) is 0 Å². The number of carbonyl (C=O) groups is 1. The van der Waals surface area contributed by atoms with Crippen molar-refractivity contribution in [2.45, 2.75) is 30.4 Å². The SMILES string of the molecule is O=C1C[C@@H]2C[C@@H]1[C@H](OCc1ccccc1)[C@@H]2Br. The van der Waals surface area contributed by atoms with E-state index in [4.69, 9.17) is 4.74 Å². The third-order valence-corrected chi connectivity index (χ3v) is 5.15. The maximum Gasteiger partial charge on any atom is 0.138 e. The summed E-state index contributed by atoms with van der Waals surface area (Å²) in [6.07, 6.45) is 1.82. The Morgan fingerprint density at radius 3 is 2.76 bits per heavy atom. The minimum absolute atomic E-state index is 0.0708. The van der Waals surface area contributed by atoms with Crippen LogP contribution in [0.5, 0.6) is 0 Å². The van der Waals surface area contributed by atoms with E-state index < -0.39 is 0 Å². The van der Waals surface area contributed by atoms with Gasteiger partial charge in [-0.25, -0.2) is 0 Å². The topological polar surface area (TPSA) is 26.3 Å². The molecule has 1 aromatic rings. The lowest BCUT2D eigenvalue weighted by atomic mass is 9.96. The second-order valence-electron chi connectivity index (χ2n) is 4.98. The molecular weight excluding hydrogens is 280 g/mol. The molecule has 4 atom stereocenters. The van der Waals surface area contributed by atoms with Gasteiger partial charge in [-0.15, -0.1) is 0 Å². The van der Waals surface area contributed by atoms with Crippen LogP contribution < -0.4 is 0 Å². The summed E-state index contributed by atoms with van der Waals surface area (Å²) in [5.74, 6) is 1.02. The molecule has 90 valence electrons. The molecule has 0 aliphatic heterocycles. The van der Waals surface area contributed by atoms with E-state index in [0.717, 1.165) is 12.8 Å². The Labute approximate surface area is 109 Å². The lowest BCUT2D eigenvalue weighted by molar-refractivity contribution is -0.127. The van der Waals surface area contributed by atoms with Gasteiger partial charge in [0.05, 0.1) is 12.7 Å². The van der Waals surface area contributed by atoms with Crippen molar-refractivity contribution in [3.8, 4) is 0 Å². The Morgan fingerprint density at radius 2 is 2.06 bits per heavy atom. The van der Waals surface area contributed by atoms with Gasteiger partial charge in [0.15, 0.2) is 0 Å². The van der Waals surface area contributed by atoms with Crippen LogP contribution in [0.4, 0.5) is 0 Å². The fourth-order valence-electron chi connectivity index (χ4n) is 2.98. The molecule has 0 heterocycles. The first kappa shape index (κ1) is 11.4. The summed E-state index contributed by atoms with van der Waals surface area (Å²) in [4.78, 5) is 12.1. The first-order valence-corrected chi connectivity index (χ1v) is 6.99. The summed E-state index contributed by atoms with van der Waals surface area (Å²) in [7, 11) is 0. The smallest absolute Gasteiger partial charge is 0.138 e. The molecule has 1 aromatic carbocycles. The van der Waals surface area contributed by atoms with Gasteiger partial charge in [-0.3, -0.25) is 4.79 Å². The standard InChI is InChI=1S/C14H15BrO2/c15-13-10-6-11(12(16)7-10)14(13)17-8-9-4-2-1-3-5-9/h1-5,10-11,13-14H,6-8H2/t10-,11-,13+,14-/m0/s1. The number of fused-ring (bicyclic) bond motifs is 2. The number of halogens is 1. The van der Waals surface area contributed by atoms with Crippen LogP contribution in [-0.4, -0.2) is 16.7 Å². The molecule has 0 amide bonds.